The fraction of sp³-hybridized carbons (Fsp3) is 0.438. The molecule has 5 nitrogen and oxygen atoms in total. The van der Waals surface area contributed by atoms with Gasteiger partial charge in [-0.05, 0) is 25.0 Å². The monoisotopic (exact) mass is 289 g/mol. The lowest BCUT2D eigenvalue weighted by molar-refractivity contribution is -0.149. The molecule has 112 valence electrons. The molecule has 1 aromatic carbocycles. The first-order valence-electron chi connectivity index (χ1n) is 7.11. The van der Waals surface area contributed by atoms with Gasteiger partial charge in [-0.25, -0.2) is 0 Å². The maximum Gasteiger partial charge on any atom is 0.229 e. The molecule has 2 amide bonds. The predicted molar refractivity (Wildman–Crippen MR) is 77.1 cm³/mol. The molecule has 0 atom stereocenters. The van der Waals surface area contributed by atoms with Gasteiger partial charge >= 0.3 is 0 Å². The van der Waals surface area contributed by atoms with Gasteiger partial charge in [0.15, 0.2) is 5.78 Å². The number of ketones is 1. The molecule has 1 aliphatic heterocycles. The first-order valence-corrected chi connectivity index (χ1v) is 7.11. The Bertz CT molecular complexity index is 549. The van der Waals surface area contributed by atoms with Gasteiger partial charge in [0.2, 0.25) is 11.8 Å². The van der Waals surface area contributed by atoms with E-state index in [0.717, 1.165) is 4.90 Å². The summed E-state index contributed by atoms with van der Waals surface area (Å²) in [6.45, 7) is 3.93. The van der Waals surface area contributed by atoms with Crippen LogP contribution in [0.1, 0.15) is 37.0 Å². The van der Waals surface area contributed by atoms with E-state index >= 15 is 0 Å². The fourth-order valence-electron chi connectivity index (χ4n) is 2.41. The van der Waals surface area contributed by atoms with E-state index in [0.29, 0.717) is 30.8 Å². The van der Waals surface area contributed by atoms with Crippen molar-refractivity contribution in [3.05, 3.63) is 29.8 Å². The molecular formula is C16H19NO4. The highest BCUT2D eigenvalue weighted by Gasteiger charge is 2.32. The molecule has 2 rings (SSSR count). The zero-order valence-electron chi connectivity index (χ0n) is 12.3. The van der Waals surface area contributed by atoms with Gasteiger partial charge in [-0.2, -0.15) is 0 Å². The third-order valence-electron chi connectivity index (χ3n) is 3.44. The number of piperidine rings is 1. The Kier molecular flexibility index (Phi) is 4.73. The highest BCUT2D eigenvalue weighted by molar-refractivity contribution is 6.06. The second-order valence-corrected chi connectivity index (χ2v) is 5.24. The van der Waals surface area contributed by atoms with Crippen LogP contribution in [-0.4, -0.2) is 35.6 Å². The Morgan fingerprint density at radius 1 is 1.24 bits per heavy atom. The summed E-state index contributed by atoms with van der Waals surface area (Å²) in [5.74, 6) is -0.306. The van der Waals surface area contributed by atoms with Gasteiger partial charge in [-0.15, -0.1) is 0 Å². The Hall–Kier alpha value is -2.17. The van der Waals surface area contributed by atoms with Gasteiger partial charge < -0.3 is 4.74 Å². The zero-order valence-corrected chi connectivity index (χ0v) is 12.3. The average molecular weight is 289 g/mol. The SMILES string of the molecule is CCOc1ccccc1C(=O)CN1C(=O)CC(C)CC1=O. The smallest absolute Gasteiger partial charge is 0.229 e. The van der Waals surface area contributed by atoms with E-state index < -0.39 is 0 Å². The number of hydrogen-bond acceptors (Lipinski definition) is 4. The van der Waals surface area contributed by atoms with Gasteiger partial charge in [0.25, 0.3) is 0 Å². The van der Waals surface area contributed by atoms with Crippen molar-refractivity contribution >= 4 is 17.6 Å². The molecule has 21 heavy (non-hydrogen) atoms. The quantitative estimate of drug-likeness (QED) is 0.615. The maximum atomic E-state index is 12.4. The lowest BCUT2D eigenvalue weighted by atomic mass is 9.97. The summed E-state index contributed by atoms with van der Waals surface area (Å²) in [4.78, 5) is 37.2. The Labute approximate surface area is 123 Å². The summed E-state index contributed by atoms with van der Waals surface area (Å²) in [6, 6.07) is 6.87. The number of para-hydroxylation sites is 1. The van der Waals surface area contributed by atoms with Crippen LogP contribution < -0.4 is 4.74 Å². The molecule has 0 unspecified atom stereocenters. The van der Waals surface area contributed by atoms with Crippen LogP contribution in [0.25, 0.3) is 0 Å². The van der Waals surface area contributed by atoms with Crippen LogP contribution in [0.4, 0.5) is 0 Å². The van der Waals surface area contributed by atoms with E-state index in [9.17, 15) is 14.4 Å². The second-order valence-electron chi connectivity index (χ2n) is 5.24. The number of nitrogens with zero attached hydrogens (tertiary/aromatic N) is 1. The van der Waals surface area contributed by atoms with Crippen molar-refractivity contribution in [3.8, 4) is 5.75 Å². The Morgan fingerprint density at radius 2 is 1.86 bits per heavy atom. The molecule has 0 radical (unpaired) electrons. The highest BCUT2D eigenvalue weighted by Crippen LogP contribution is 2.22. The number of likely N-dealkylation sites (tertiary alicyclic amines) is 1. The van der Waals surface area contributed by atoms with Crippen LogP contribution >= 0.6 is 0 Å². The number of imide groups is 1. The molecule has 1 aliphatic rings. The van der Waals surface area contributed by atoms with Crippen LogP contribution in [0, 0.1) is 5.92 Å². The summed E-state index contributed by atoms with van der Waals surface area (Å²) >= 11 is 0. The first-order chi connectivity index (χ1) is 10.0. The van der Waals surface area contributed by atoms with E-state index in [2.05, 4.69) is 0 Å². The van der Waals surface area contributed by atoms with E-state index in [1.165, 1.54) is 0 Å². The van der Waals surface area contributed by atoms with E-state index in [4.69, 9.17) is 4.74 Å². The van der Waals surface area contributed by atoms with Crippen molar-refractivity contribution in [2.45, 2.75) is 26.7 Å². The maximum absolute atomic E-state index is 12.4. The number of rotatable bonds is 5. The molecule has 1 aromatic rings. The molecule has 0 aromatic heterocycles. The van der Waals surface area contributed by atoms with Crippen molar-refractivity contribution in [1.82, 2.24) is 4.90 Å². The molecule has 1 fully saturated rings. The third kappa shape index (κ3) is 3.48. The zero-order chi connectivity index (χ0) is 15.4. The highest BCUT2D eigenvalue weighted by atomic mass is 16.5. The summed E-state index contributed by atoms with van der Waals surface area (Å²) < 4.78 is 5.41. The summed E-state index contributed by atoms with van der Waals surface area (Å²) in [6.07, 6.45) is 0.623. The second kappa shape index (κ2) is 6.52. The minimum atomic E-state index is -0.282. The Balaban J connectivity index is 2.14. The largest absolute Gasteiger partial charge is 0.493 e. The van der Waals surface area contributed by atoms with Gasteiger partial charge in [0, 0.05) is 12.8 Å². The minimum absolute atomic E-state index is 0.0482. The van der Waals surface area contributed by atoms with Crippen LogP contribution in [0.15, 0.2) is 24.3 Å². The number of Topliss-reactive ketones (excluding diaryl/α,β-unsaturated/α-hetero) is 1. The summed E-state index contributed by atoms with van der Waals surface area (Å²) in [7, 11) is 0. The van der Waals surface area contributed by atoms with Gasteiger partial charge in [-0.3, -0.25) is 19.3 Å². The molecule has 1 heterocycles. The van der Waals surface area contributed by atoms with Crippen molar-refractivity contribution in [3.63, 3.8) is 0 Å². The van der Waals surface area contributed by atoms with Crippen molar-refractivity contribution in [1.29, 1.82) is 0 Å². The molecule has 0 bridgehead atoms. The minimum Gasteiger partial charge on any atom is -0.493 e. The van der Waals surface area contributed by atoms with Crippen LogP contribution in [0.5, 0.6) is 5.75 Å². The molecule has 1 saturated heterocycles. The lowest BCUT2D eigenvalue weighted by Crippen LogP contribution is -2.45. The average Bonchev–Trinajstić information content (AvgIpc) is 2.43. The van der Waals surface area contributed by atoms with Gasteiger partial charge in [-0.1, -0.05) is 19.1 Å². The third-order valence-corrected chi connectivity index (χ3v) is 3.44. The summed E-state index contributed by atoms with van der Waals surface area (Å²) in [5, 5.41) is 0. The van der Waals surface area contributed by atoms with Crippen molar-refractivity contribution in [2.75, 3.05) is 13.2 Å². The number of carbonyl (C=O) groups excluding carboxylic acids is 3. The first kappa shape index (κ1) is 15.2. The molecule has 0 spiro atoms. The Morgan fingerprint density at radius 3 is 2.48 bits per heavy atom. The lowest BCUT2D eigenvalue weighted by Gasteiger charge is -2.27. The van der Waals surface area contributed by atoms with Crippen molar-refractivity contribution < 1.29 is 19.1 Å². The number of hydrogen-bond donors (Lipinski definition) is 0. The number of benzene rings is 1. The number of carbonyl (C=O) groups is 3. The van der Waals surface area contributed by atoms with Gasteiger partial charge in [0.05, 0.1) is 18.7 Å². The standard InChI is InChI=1S/C16H19NO4/c1-3-21-14-7-5-4-6-12(14)13(18)10-17-15(19)8-11(2)9-16(17)20/h4-7,11H,3,8-10H2,1-2H3. The van der Waals surface area contributed by atoms with E-state index in [1.807, 2.05) is 13.8 Å². The molecule has 0 saturated carbocycles. The predicted octanol–water partition coefficient (Wildman–Crippen LogP) is 2.05. The topological polar surface area (TPSA) is 63.7 Å². The van der Waals surface area contributed by atoms with Crippen LogP contribution in [-0.2, 0) is 9.59 Å². The van der Waals surface area contributed by atoms with E-state index in [1.54, 1.807) is 24.3 Å². The van der Waals surface area contributed by atoms with Gasteiger partial charge in [0.1, 0.15) is 5.75 Å². The molecular weight excluding hydrogens is 270 g/mol. The van der Waals surface area contributed by atoms with E-state index in [-0.39, 0.29) is 30.1 Å². The van der Waals surface area contributed by atoms with Crippen LogP contribution in [0.2, 0.25) is 0 Å². The molecule has 0 aliphatic carbocycles. The normalized spacial score (nSPS) is 16.2. The molecule has 5 heteroatoms. The summed E-state index contributed by atoms with van der Waals surface area (Å²) in [5.41, 5.74) is 0.401. The fourth-order valence-corrected chi connectivity index (χ4v) is 2.41. The number of amides is 2. The van der Waals surface area contributed by atoms with Crippen molar-refractivity contribution in [2.24, 2.45) is 5.92 Å². The van der Waals surface area contributed by atoms with Crippen LogP contribution in [0.3, 0.4) is 0 Å². The number of ether oxygens (including phenoxy) is 1. The molecule has 0 N–H and O–H groups in total.